The monoisotopic (exact) mass is 252 g/mol. The molecule has 0 saturated heterocycles. The van der Waals surface area contributed by atoms with E-state index in [1.54, 1.807) is 0 Å². The van der Waals surface area contributed by atoms with Crippen LogP contribution in [0.3, 0.4) is 0 Å². The minimum Gasteiger partial charge on any atom is -0.299 e. The van der Waals surface area contributed by atoms with Crippen molar-refractivity contribution in [3.63, 3.8) is 0 Å². The molecule has 1 aromatic carbocycles. The first-order valence-electron chi connectivity index (χ1n) is 6.17. The highest BCUT2D eigenvalue weighted by atomic mass is 35.5. The highest BCUT2D eigenvalue weighted by Gasteiger charge is 2.25. The first-order chi connectivity index (χ1) is 7.88. The first-order valence-corrected chi connectivity index (χ1v) is 6.55. The SMILES string of the molecule is CCC(=O)C(c1cc(C)c(C)cc1Cl)C(C)C. The van der Waals surface area contributed by atoms with Gasteiger partial charge in [0.2, 0.25) is 0 Å². The predicted octanol–water partition coefficient (Wildman–Crippen LogP) is 4.68. The van der Waals surface area contributed by atoms with Crippen molar-refractivity contribution in [3.8, 4) is 0 Å². The van der Waals surface area contributed by atoms with Crippen molar-refractivity contribution in [1.29, 1.82) is 0 Å². The van der Waals surface area contributed by atoms with E-state index in [2.05, 4.69) is 26.8 Å². The highest BCUT2D eigenvalue weighted by molar-refractivity contribution is 6.31. The van der Waals surface area contributed by atoms with E-state index in [1.165, 1.54) is 11.1 Å². The number of hydrogen-bond acceptors (Lipinski definition) is 1. The molecule has 1 atom stereocenters. The lowest BCUT2D eigenvalue weighted by Gasteiger charge is -2.22. The van der Waals surface area contributed by atoms with Crippen LogP contribution in [0.5, 0.6) is 0 Å². The Labute approximate surface area is 109 Å². The van der Waals surface area contributed by atoms with Crippen LogP contribution < -0.4 is 0 Å². The van der Waals surface area contributed by atoms with Crippen molar-refractivity contribution in [3.05, 3.63) is 33.8 Å². The Hall–Kier alpha value is -0.820. The molecular formula is C15H21ClO. The Kier molecular flexibility index (Phi) is 4.76. The molecule has 94 valence electrons. The number of ketones is 1. The van der Waals surface area contributed by atoms with Gasteiger partial charge in [-0.15, -0.1) is 0 Å². The molecule has 0 heterocycles. The molecule has 17 heavy (non-hydrogen) atoms. The maximum atomic E-state index is 12.0. The van der Waals surface area contributed by atoms with E-state index in [0.29, 0.717) is 11.4 Å². The fourth-order valence-corrected chi connectivity index (χ4v) is 2.50. The fourth-order valence-electron chi connectivity index (χ4n) is 2.17. The molecule has 0 spiro atoms. The first kappa shape index (κ1) is 14.2. The molecule has 0 aliphatic carbocycles. The number of Topliss-reactive ketones (excluding diaryl/α,β-unsaturated/α-hetero) is 1. The minimum absolute atomic E-state index is 0.0770. The molecule has 0 bridgehead atoms. The molecule has 0 aromatic heterocycles. The van der Waals surface area contributed by atoms with Crippen molar-refractivity contribution in [1.82, 2.24) is 0 Å². The Morgan fingerprint density at radius 2 is 1.76 bits per heavy atom. The molecule has 0 fully saturated rings. The van der Waals surface area contributed by atoms with Gasteiger partial charge in [-0.25, -0.2) is 0 Å². The van der Waals surface area contributed by atoms with Gasteiger partial charge in [0, 0.05) is 17.4 Å². The zero-order valence-electron chi connectivity index (χ0n) is 11.3. The number of hydrogen-bond donors (Lipinski definition) is 0. The van der Waals surface area contributed by atoms with Gasteiger partial charge in [-0.3, -0.25) is 4.79 Å². The largest absolute Gasteiger partial charge is 0.299 e. The van der Waals surface area contributed by atoms with Crippen LogP contribution >= 0.6 is 11.6 Å². The van der Waals surface area contributed by atoms with Crippen LogP contribution in [0.25, 0.3) is 0 Å². The van der Waals surface area contributed by atoms with E-state index in [9.17, 15) is 4.79 Å². The van der Waals surface area contributed by atoms with Gasteiger partial charge in [0.1, 0.15) is 5.78 Å². The summed E-state index contributed by atoms with van der Waals surface area (Å²) in [6.07, 6.45) is 0.562. The Morgan fingerprint density at radius 3 is 2.24 bits per heavy atom. The van der Waals surface area contributed by atoms with Gasteiger partial charge in [0.15, 0.2) is 0 Å². The fraction of sp³-hybridized carbons (Fsp3) is 0.533. The number of rotatable bonds is 4. The predicted molar refractivity (Wildman–Crippen MR) is 73.8 cm³/mol. The molecule has 1 rings (SSSR count). The summed E-state index contributed by atoms with van der Waals surface area (Å²) in [4.78, 5) is 12.0. The molecular weight excluding hydrogens is 232 g/mol. The van der Waals surface area contributed by atoms with Gasteiger partial charge in [-0.2, -0.15) is 0 Å². The molecule has 1 aromatic rings. The van der Waals surface area contributed by atoms with Crippen molar-refractivity contribution >= 4 is 17.4 Å². The van der Waals surface area contributed by atoms with Gasteiger partial charge in [0.25, 0.3) is 0 Å². The summed E-state index contributed by atoms with van der Waals surface area (Å²) in [6, 6.07) is 4.03. The average molecular weight is 253 g/mol. The van der Waals surface area contributed by atoms with E-state index < -0.39 is 0 Å². The third-order valence-electron chi connectivity index (χ3n) is 3.31. The van der Waals surface area contributed by atoms with Crippen molar-refractivity contribution in [2.75, 3.05) is 0 Å². The standard InChI is InChI=1S/C15H21ClO/c1-6-14(17)15(9(2)3)12-7-10(4)11(5)8-13(12)16/h7-9,15H,6H2,1-5H3. The van der Waals surface area contributed by atoms with E-state index in [0.717, 1.165) is 5.56 Å². The van der Waals surface area contributed by atoms with Crippen LogP contribution in [0, 0.1) is 19.8 Å². The summed E-state index contributed by atoms with van der Waals surface area (Å²) in [5.41, 5.74) is 3.35. The number of carbonyl (C=O) groups excluding carboxylic acids is 1. The zero-order valence-corrected chi connectivity index (χ0v) is 12.1. The van der Waals surface area contributed by atoms with Crippen molar-refractivity contribution in [2.45, 2.75) is 47.0 Å². The lowest BCUT2D eigenvalue weighted by Crippen LogP contribution is -2.18. The highest BCUT2D eigenvalue weighted by Crippen LogP contribution is 2.33. The maximum Gasteiger partial charge on any atom is 0.140 e. The van der Waals surface area contributed by atoms with E-state index in [4.69, 9.17) is 11.6 Å². The molecule has 0 radical (unpaired) electrons. The second-order valence-electron chi connectivity index (χ2n) is 5.00. The van der Waals surface area contributed by atoms with Crippen molar-refractivity contribution in [2.24, 2.45) is 5.92 Å². The molecule has 0 aliphatic rings. The minimum atomic E-state index is -0.0770. The second-order valence-corrected chi connectivity index (χ2v) is 5.41. The topological polar surface area (TPSA) is 17.1 Å². The summed E-state index contributed by atoms with van der Waals surface area (Å²) < 4.78 is 0. The van der Waals surface area contributed by atoms with Crippen LogP contribution in [0.4, 0.5) is 0 Å². The smallest absolute Gasteiger partial charge is 0.140 e. The van der Waals surface area contributed by atoms with Gasteiger partial charge in [-0.1, -0.05) is 38.4 Å². The van der Waals surface area contributed by atoms with E-state index in [1.807, 2.05) is 19.9 Å². The number of halogens is 1. The molecule has 0 N–H and O–H groups in total. The lowest BCUT2D eigenvalue weighted by atomic mass is 9.83. The molecule has 0 amide bonds. The van der Waals surface area contributed by atoms with Gasteiger partial charge >= 0.3 is 0 Å². The Bertz CT molecular complexity index is 421. The quantitative estimate of drug-likeness (QED) is 0.761. The summed E-state index contributed by atoms with van der Waals surface area (Å²) in [7, 11) is 0. The van der Waals surface area contributed by atoms with Crippen molar-refractivity contribution < 1.29 is 4.79 Å². The summed E-state index contributed by atoms with van der Waals surface area (Å²) in [5.74, 6) is 0.471. The molecule has 0 saturated carbocycles. The van der Waals surface area contributed by atoms with Crippen LogP contribution in [-0.4, -0.2) is 5.78 Å². The van der Waals surface area contributed by atoms with Crippen LogP contribution in [0.15, 0.2) is 12.1 Å². The van der Waals surface area contributed by atoms with E-state index in [-0.39, 0.29) is 17.6 Å². The molecule has 2 heteroatoms. The number of carbonyl (C=O) groups is 1. The third-order valence-corrected chi connectivity index (χ3v) is 3.64. The normalized spacial score (nSPS) is 12.9. The van der Waals surface area contributed by atoms with E-state index >= 15 is 0 Å². The summed E-state index contributed by atoms with van der Waals surface area (Å²) in [5, 5.41) is 0.716. The Balaban J connectivity index is 3.28. The average Bonchev–Trinajstić information content (AvgIpc) is 2.25. The Morgan fingerprint density at radius 1 is 1.24 bits per heavy atom. The third kappa shape index (κ3) is 3.10. The molecule has 1 unspecified atom stereocenters. The van der Waals surface area contributed by atoms with Gasteiger partial charge < -0.3 is 0 Å². The number of aryl methyl sites for hydroxylation is 2. The summed E-state index contributed by atoms with van der Waals surface area (Å²) in [6.45, 7) is 10.2. The maximum absolute atomic E-state index is 12.0. The van der Waals surface area contributed by atoms with Crippen LogP contribution in [0.1, 0.15) is 49.8 Å². The molecule has 1 nitrogen and oxygen atoms in total. The van der Waals surface area contributed by atoms with Gasteiger partial charge in [0.05, 0.1) is 0 Å². The molecule has 0 aliphatic heterocycles. The number of benzene rings is 1. The zero-order chi connectivity index (χ0) is 13.2. The van der Waals surface area contributed by atoms with Crippen LogP contribution in [-0.2, 0) is 4.79 Å². The summed E-state index contributed by atoms with van der Waals surface area (Å²) >= 11 is 6.29. The van der Waals surface area contributed by atoms with Gasteiger partial charge in [-0.05, 0) is 42.5 Å². The van der Waals surface area contributed by atoms with Crippen LogP contribution in [0.2, 0.25) is 5.02 Å². The lowest BCUT2D eigenvalue weighted by molar-refractivity contribution is -0.121. The second kappa shape index (κ2) is 5.68.